The number of nitrogens with one attached hydrogen (secondary N) is 1. The molecule has 1 N–H and O–H groups in total. The van der Waals surface area contributed by atoms with Gasteiger partial charge in [-0.05, 0) is 25.1 Å². The Morgan fingerprint density at radius 3 is 2.50 bits per heavy atom. The number of fused-ring (bicyclic) bond motifs is 1. The van der Waals surface area contributed by atoms with E-state index in [2.05, 4.69) is 14.7 Å². The second-order valence-electron chi connectivity index (χ2n) is 7.44. The zero-order chi connectivity index (χ0) is 21.6. The summed E-state index contributed by atoms with van der Waals surface area (Å²) in [4.78, 5) is 17.1. The molecule has 10 heteroatoms. The maximum absolute atomic E-state index is 14.5. The molecule has 2 aliphatic heterocycles. The number of alkyl halides is 2. The highest BCUT2D eigenvalue weighted by atomic mass is 32.2. The quantitative estimate of drug-likeness (QED) is 0.785. The Balaban J connectivity index is 1.82. The van der Waals surface area contributed by atoms with Crippen LogP contribution in [0.4, 0.5) is 13.2 Å². The number of benzene rings is 2. The fourth-order valence-electron chi connectivity index (χ4n) is 3.54. The van der Waals surface area contributed by atoms with E-state index in [4.69, 9.17) is 0 Å². The lowest BCUT2D eigenvalue weighted by molar-refractivity contribution is -0.000728. The Labute approximate surface area is 172 Å². The van der Waals surface area contributed by atoms with Crippen molar-refractivity contribution in [3.63, 3.8) is 0 Å². The summed E-state index contributed by atoms with van der Waals surface area (Å²) in [5, 5.41) is 2.48. The summed E-state index contributed by atoms with van der Waals surface area (Å²) in [5.41, 5.74) is -0.953. The molecular weight excluding hydrogens is 417 g/mol. The lowest BCUT2D eigenvalue weighted by Gasteiger charge is -2.43. The minimum absolute atomic E-state index is 0.145. The summed E-state index contributed by atoms with van der Waals surface area (Å²) in [6.07, 6.45) is 0. The molecule has 6 nitrogen and oxygen atoms in total. The number of halogens is 3. The summed E-state index contributed by atoms with van der Waals surface area (Å²) in [5.74, 6) is -5.00. The fourth-order valence-corrected chi connectivity index (χ4v) is 6.01. The van der Waals surface area contributed by atoms with Gasteiger partial charge in [-0.2, -0.15) is 0 Å². The number of guanidine groups is 1. The maximum atomic E-state index is 14.5. The van der Waals surface area contributed by atoms with Gasteiger partial charge in [0.15, 0.2) is 0 Å². The molecule has 2 heterocycles. The Morgan fingerprint density at radius 2 is 1.80 bits per heavy atom. The van der Waals surface area contributed by atoms with E-state index >= 15 is 0 Å². The Morgan fingerprint density at radius 1 is 1.13 bits per heavy atom. The van der Waals surface area contributed by atoms with Gasteiger partial charge >= 0.3 is 0 Å². The predicted octanol–water partition coefficient (Wildman–Crippen LogP) is 3.17. The van der Waals surface area contributed by atoms with Gasteiger partial charge in [0.1, 0.15) is 34.4 Å². The summed E-state index contributed by atoms with van der Waals surface area (Å²) in [7, 11) is -3.39. The van der Waals surface area contributed by atoms with Gasteiger partial charge in [-0.1, -0.05) is 36.4 Å². The van der Waals surface area contributed by atoms with Crippen LogP contribution in [-0.4, -0.2) is 45.1 Å². The minimum Gasteiger partial charge on any atom is -0.292 e. The number of hydrogen-bond donors (Lipinski definition) is 1. The Hall–Kier alpha value is -2.88. The van der Waals surface area contributed by atoms with Crippen molar-refractivity contribution < 1.29 is 22.2 Å². The van der Waals surface area contributed by atoms with Gasteiger partial charge in [0, 0.05) is 11.1 Å². The third-order valence-electron chi connectivity index (χ3n) is 4.99. The van der Waals surface area contributed by atoms with E-state index in [1.165, 1.54) is 18.2 Å². The van der Waals surface area contributed by atoms with E-state index in [0.29, 0.717) is 0 Å². The highest BCUT2D eigenvalue weighted by Crippen LogP contribution is 2.37. The van der Waals surface area contributed by atoms with Crippen molar-refractivity contribution in [3.8, 4) is 0 Å². The van der Waals surface area contributed by atoms with E-state index in [0.717, 1.165) is 4.31 Å². The van der Waals surface area contributed by atoms with E-state index in [1.807, 2.05) is 0 Å². The van der Waals surface area contributed by atoms with E-state index in [-0.39, 0.29) is 22.8 Å². The normalized spacial score (nSPS) is 27.5. The monoisotopic (exact) mass is 436 g/mol. The Bertz CT molecular complexity index is 1150. The zero-order valence-electron chi connectivity index (χ0n) is 16.0. The molecule has 0 saturated carbocycles. The number of aliphatic imine (C=N–C) groups is 1. The van der Waals surface area contributed by atoms with Crippen LogP contribution >= 0.6 is 0 Å². The van der Waals surface area contributed by atoms with E-state index in [1.54, 1.807) is 43.3 Å². The lowest BCUT2D eigenvalue weighted by Crippen LogP contribution is -2.60. The molecule has 2 aromatic rings. The van der Waals surface area contributed by atoms with Crippen molar-refractivity contribution in [2.24, 2.45) is 9.36 Å². The average Bonchev–Trinajstić information content (AvgIpc) is 2.70. The van der Waals surface area contributed by atoms with Crippen LogP contribution in [0.15, 0.2) is 64.0 Å². The molecule has 2 atom stereocenters. The van der Waals surface area contributed by atoms with Crippen LogP contribution in [0, 0.1) is 5.82 Å². The van der Waals surface area contributed by atoms with Gasteiger partial charge in [0.2, 0.25) is 5.96 Å². The molecule has 0 fully saturated rings. The van der Waals surface area contributed by atoms with Crippen molar-refractivity contribution in [1.82, 2.24) is 9.62 Å². The van der Waals surface area contributed by atoms with E-state index < -0.39 is 46.2 Å². The number of rotatable bonds is 2. The van der Waals surface area contributed by atoms with Crippen LogP contribution in [0.25, 0.3) is 0 Å². The molecule has 0 saturated heterocycles. The summed E-state index contributed by atoms with van der Waals surface area (Å²) in [6, 6.07) is 13.9. The number of carbonyl (C=O) groups is 1. The average molecular weight is 436 g/mol. The largest absolute Gasteiger partial charge is 0.292 e. The van der Waals surface area contributed by atoms with Gasteiger partial charge in [-0.3, -0.25) is 10.1 Å². The molecule has 0 bridgehead atoms. The fraction of sp³-hybridized carbons (Fsp3) is 0.300. The zero-order valence-corrected chi connectivity index (χ0v) is 16.8. The third kappa shape index (κ3) is 3.67. The van der Waals surface area contributed by atoms with Crippen LogP contribution in [0.1, 0.15) is 22.8 Å². The summed E-state index contributed by atoms with van der Waals surface area (Å²) < 4.78 is 60.9. The topological polar surface area (TPSA) is 74.1 Å². The Kier molecular flexibility index (Phi) is 4.84. The summed E-state index contributed by atoms with van der Waals surface area (Å²) in [6.45, 7) is -0.265. The first-order valence-electron chi connectivity index (χ1n) is 9.19. The van der Waals surface area contributed by atoms with Crippen molar-refractivity contribution in [2.45, 2.75) is 18.4 Å². The first-order chi connectivity index (χ1) is 14.1. The van der Waals surface area contributed by atoms with Crippen molar-refractivity contribution in [3.05, 3.63) is 71.5 Å². The molecule has 0 spiro atoms. The number of amides is 1. The van der Waals surface area contributed by atoms with Crippen LogP contribution in [0.2, 0.25) is 0 Å². The highest BCUT2D eigenvalue weighted by molar-refractivity contribution is 7.92. The van der Waals surface area contributed by atoms with Gasteiger partial charge < -0.3 is 0 Å². The number of nitrogens with zero attached hydrogens (tertiary/aromatic N) is 3. The van der Waals surface area contributed by atoms with Crippen LogP contribution in [0.3, 0.4) is 0 Å². The minimum atomic E-state index is -3.39. The molecule has 0 radical (unpaired) electrons. The SMILES string of the molecule is C[C@@]1(c2ccccc2F)CS2(=O)=NCC(F)(F)CN2C(NC(=O)c2ccccc2)=N1. The van der Waals surface area contributed by atoms with Crippen LogP contribution in [-0.2, 0) is 15.5 Å². The molecule has 158 valence electrons. The molecule has 2 aliphatic rings. The molecule has 4 rings (SSSR count). The van der Waals surface area contributed by atoms with Crippen molar-refractivity contribution in [2.75, 3.05) is 18.8 Å². The number of carbonyl (C=O) groups excluding carboxylic acids is 1. The predicted molar refractivity (Wildman–Crippen MR) is 107 cm³/mol. The van der Waals surface area contributed by atoms with Gasteiger partial charge in [-0.15, -0.1) is 0 Å². The molecule has 1 unspecified atom stereocenters. The third-order valence-corrected chi connectivity index (χ3v) is 7.45. The van der Waals surface area contributed by atoms with Gasteiger partial charge in [0.25, 0.3) is 11.8 Å². The van der Waals surface area contributed by atoms with E-state index in [9.17, 15) is 22.2 Å². The molecule has 1 amide bonds. The first-order valence-corrected chi connectivity index (χ1v) is 10.8. The number of hydrogen-bond acceptors (Lipinski definition) is 4. The standard InChI is InChI=1S/C20H19F3N4O2S/c1-19(15-9-5-6-10-16(15)21)13-30(29)24-11-20(22,23)12-27(30)18(26-19)25-17(28)14-7-3-2-4-8-14/h2-10H,11-13H2,1H3,(H,25,26,28)/t19-,30?/m0/s1. The smallest absolute Gasteiger partial charge is 0.286 e. The lowest BCUT2D eigenvalue weighted by atomic mass is 9.94. The van der Waals surface area contributed by atoms with Crippen molar-refractivity contribution >= 4 is 21.8 Å². The first kappa shape index (κ1) is 20.4. The maximum Gasteiger partial charge on any atom is 0.286 e. The van der Waals surface area contributed by atoms with Gasteiger partial charge in [-0.25, -0.2) is 31.0 Å². The van der Waals surface area contributed by atoms with Gasteiger partial charge in [0.05, 0.1) is 5.75 Å². The van der Waals surface area contributed by atoms with Crippen LogP contribution in [0.5, 0.6) is 0 Å². The molecule has 0 aromatic heterocycles. The summed E-state index contributed by atoms with van der Waals surface area (Å²) >= 11 is 0. The second kappa shape index (κ2) is 7.12. The van der Waals surface area contributed by atoms with Crippen LogP contribution < -0.4 is 5.32 Å². The second-order valence-corrected chi connectivity index (χ2v) is 9.64. The molecular formula is C20H19F3N4O2S. The highest BCUT2D eigenvalue weighted by Gasteiger charge is 2.49. The molecule has 30 heavy (non-hydrogen) atoms. The molecule has 2 aromatic carbocycles. The van der Waals surface area contributed by atoms with Crippen molar-refractivity contribution in [1.29, 1.82) is 0 Å². The molecule has 0 aliphatic carbocycles.